The second kappa shape index (κ2) is 10.3. The largest absolute Gasteiger partial charge is 0.355 e. The van der Waals surface area contributed by atoms with Gasteiger partial charge in [-0.05, 0) is 36.8 Å². The maximum atomic E-state index is 12.6. The molecule has 5 nitrogen and oxygen atoms in total. The molecule has 1 heterocycles. The summed E-state index contributed by atoms with van der Waals surface area (Å²) >= 11 is 0. The zero-order valence-corrected chi connectivity index (χ0v) is 16.5. The Morgan fingerprint density at radius 3 is 2.38 bits per heavy atom. The smallest absolute Gasteiger partial charge is 0.234 e. The van der Waals surface area contributed by atoms with E-state index in [2.05, 4.69) is 48.3 Å². The molecule has 2 amide bonds. The van der Waals surface area contributed by atoms with Crippen LogP contribution >= 0.6 is 0 Å². The Labute approximate surface area is 157 Å². The van der Waals surface area contributed by atoms with Crippen molar-refractivity contribution in [3.05, 3.63) is 35.4 Å². The van der Waals surface area contributed by atoms with Gasteiger partial charge in [-0.2, -0.15) is 0 Å². The first-order valence-corrected chi connectivity index (χ1v) is 9.82. The van der Waals surface area contributed by atoms with Crippen molar-refractivity contribution in [3.8, 4) is 0 Å². The third-order valence-corrected chi connectivity index (χ3v) is 4.70. The monoisotopic (exact) mass is 359 g/mol. The van der Waals surface area contributed by atoms with Crippen molar-refractivity contribution in [1.82, 2.24) is 15.1 Å². The minimum Gasteiger partial charge on any atom is -0.355 e. The van der Waals surface area contributed by atoms with Crippen LogP contribution in [0.5, 0.6) is 0 Å². The molecule has 1 aliphatic heterocycles. The molecule has 1 saturated heterocycles. The van der Waals surface area contributed by atoms with Crippen molar-refractivity contribution in [2.45, 2.75) is 40.0 Å². The van der Waals surface area contributed by atoms with Crippen LogP contribution in [0.3, 0.4) is 0 Å². The normalized spacial score (nSPS) is 15.8. The summed E-state index contributed by atoms with van der Waals surface area (Å²) in [5, 5.41) is 2.83. The third kappa shape index (κ3) is 6.79. The first kappa shape index (κ1) is 20.4. The van der Waals surface area contributed by atoms with Gasteiger partial charge < -0.3 is 10.2 Å². The van der Waals surface area contributed by atoms with E-state index in [-0.39, 0.29) is 11.8 Å². The highest BCUT2D eigenvalue weighted by Crippen LogP contribution is 2.12. The van der Waals surface area contributed by atoms with Crippen molar-refractivity contribution in [1.29, 1.82) is 0 Å². The fourth-order valence-corrected chi connectivity index (χ4v) is 3.39. The Morgan fingerprint density at radius 1 is 1.04 bits per heavy atom. The second-order valence-corrected chi connectivity index (χ2v) is 7.56. The number of nitrogens with one attached hydrogen (secondary N) is 1. The van der Waals surface area contributed by atoms with Crippen LogP contribution in [0.2, 0.25) is 0 Å². The van der Waals surface area contributed by atoms with Crippen LogP contribution in [0.4, 0.5) is 0 Å². The highest BCUT2D eigenvalue weighted by Gasteiger charge is 2.20. The lowest BCUT2D eigenvalue weighted by Gasteiger charge is -2.22. The molecule has 0 atom stereocenters. The van der Waals surface area contributed by atoms with Crippen LogP contribution in [0, 0.1) is 5.92 Å². The minimum atomic E-state index is 0.0637. The van der Waals surface area contributed by atoms with E-state index in [1.807, 2.05) is 11.8 Å². The molecule has 1 aliphatic rings. The first-order chi connectivity index (χ1) is 12.5. The molecule has 0 saturated carbocycles. The molecule has 26 heavy (non-hydrogen) atoms. The van der Waals surface area contributed by atoms with Gasteiger partial charge in [0.05, 0.1) is 13.0 Å². The van der Waals surface area contributed by atoms with Gasteiger partial charge in [0, 0.05) is 32.7 Å². The summed E-state index contributed by atoms with van der Waals surface area (Å²) < 4.78 is 0. The van der Waals surface area contributed by atoms with Gasteiger partial charge in [-0.1, -0.05) is 38.1 Å². The summed E-state index contributed by atoms with van der Waals surface area (Å²) in [6.45, 7) is 10.5. The summed E-state index contributed by atoms with van der Waals surface area (Å²) in [5.41, 5.74) is 2.40. The van der Waals surface area contributed by atoms with Crippen LogP contribution in [0.25, 0.3) is 0 Å². The summed E-state index contributed by atoms with van der Waals surface area (Å²) in [7, 11) is 0. The third-order valence-electron chi connectivity index (χ3n) is 4.70. The fraction of sp³-hybridized carbons (Fsp3) is 0.619. The van der Waals surface area contributed by atoms with E-state index in [1.165, 1.54) is 5.56 Å². The van der Waals surface area contributed by atoms with Crippen LogP contribution in [0.1, 0.15) is 38.3 Å². The SMILES string of the molecule is CCNC(=O)CN1CCCN(C(=O)Cc2ccc(CC(C)C)cc2)CC1. The number of nitrogens with zero attached hydrogens (tertiary/aromatic N) is 2. The Morgan fingerprint density at radius 2 is 1.73 bits per heavy atom. The number of carbonyl (C=O) groups excluding carboxylic acids is 2. The van der Waals surface area contributed by atoms with Crippen molar-refractivity contribution in [3.63, 3.8) is 0 Å². The summed E-state index contributed by atoms with van der Waals surface area (Å²) in [6, 6.07) is 8.43. The van der Waals surface area contributed by atoms with Crippen molar-refractivity contribution < 1.29 is 9.59 Å². The average Bonchev–Trinajstić information content (AvgIpc) is 2.82. The van der Waals surface area contributed by atoms with E-state index < -0.39 is 0 Å². The Kier molecular flexibility index (Phi) is 8.10. The molecule has 1 N–H and O–H groups in total. The van der Waals surface area contributed by atoms with Crippen molar-refractivity contribution in [2.75, 3.05) is 39.3 Å². The standard InChI is InChI=1S/C21H33N3O2/c1-4-22-20(25)16-23-10-5-11-24(13-12-23)21(26)15-19-8-6-18(7-9-19)14-17(2)3/h6-9,17H,4-5,10-16H2,1-3H3,(H,22,25). The van der Waals surface area contributed by atoms with Gasteiger partial charge in [0.25, 0.3) is 0 Å². The number of benzene rings is 1. The van der Waals surface area contributed by atoms with Gasteiger partial charge in [-0.3, -0.25) is 14.5 Å². The average molecular weight is 360 g/mol. The Bertz CT molecular complexity index is 583. The number of likely N-dealkylation sites (N-methyl/N-ethyl adjacent to an activating group) is 1. The summed E-state index contributed by atoms with van der Waals surface area (Å²) in [4.78, 5) is 28.5. The lowest BCUT2D eigenvalue weighted by atomic mass is 10.0. The van der Waals surface area contributed by atoms with E-state index in [4.69, 9.17) is 0 Å². The molecule has 5 heteroatoms. The molecular weight excluding hydrogens is 326 g/mol. The number of rotatable bonds is 7. The van der Waals surface area contributed by atoms with E-state index >= 15 is 0 Å². The van der Waals surface area contributed by atoms with Crippen LogP contribution in [0.15, 0.2) is 24.3 Å². The molecule has 2 rings (SSSR count). The van der Waals surface area contributed by atoms with Crippen LogP contribution < -0.4 is 5.32 Å². The highest BCUT2D eigenvalue weighted by molar-refractivity contribution is 5.79. The van der Waals surface area contributed by atoms with Crippen molar-refractivity contribution in [2.24, 2.45) is 5.92 Å². The topological polar surface area (TPSA) is 52.7 Å². The Hall–Kier alpha value is -1.88. The van der Waals surface area contributed by atoms with E-state index in [0.29, 0.717) is 32.0 Å². The molecule has 0 bridgehead atoms. The molecule has 1 fully saturated rings. The zero-order valence-electron chi connectivity index (χ0n) is 16.5. The molecule has 0 radical (unpaired) electrons. The number of amides is 2. The van der Waals surface area contributed by atoms with Gasteiger partial charge in [0.15, 0.2) is 0 Å². The lowest BCUT2D eigenvalue weighted by Crippen LogP contribution is -2.40. The predicted octanol–water partition coefficient (Wildman–Crippen LogP) is 2.10. The molecular formula is C21H33N3O2. The van der Waals surface area contributed by atoms with Crippen molar-refractivity contribution >= 4 is 11.8 Å². The van der Waals surface area contributed by atoms with E-state index in [0.717, 1.165) is 38.0 Å². The summed E-state index contributed by atoms with van der Waals surface area (Å²) in [5.74, 6) is 0.886. The molecule has 0 aromatic heterocycles. The molecule has 0 unspecified atom stereocenters. The number of hydrogen-bond acceptors (Lipinski definition) is 3. The summed E-state index contributed by atoms with van der Waals surface area (Å²) in [6.07, 6.45) is 2.44. The minimum absolute atomic E-state index is 0.0637. The quantitative estimate of drug-likeness (QED) is 0.811. The molecule has 144 valence electrons. The van der Waals surface area contributed by atoms with Gasteiger partial charge in [-0.25, -0.2) is 0 Å². The van der Waals surface area contributed by atoms with Crippen LogP contribution in [-0.4, -0.2) is 60.9 Å². The van der Waals surface area contributed by atoms with E-state index in [9.17, 15) is 9.59 Å². The van der Waals surface area contributed by atoms with Gasteiger partial charge in [0.1, 0.15) is 0 Å². The maximum Gasteiger partial charge on any atom is 0.234 e. The fourth-order valence-electron chi connectivity index (χ4n) is 3.39. The molecule has 1 aromatic rings. The first-order valence-electron chi connectivity index (χ1n) is 9.82. The Balaban J connectivity index is 1.83. The lowest BCUT2D eigenvalue weighted by molar-refractivity contribution is -0.130. The highest BCUT2D eigenvalue weighted by atomic mass is 16.2. The van der Waals surface area contributed by atoms with Gasteiger partial charge >= 0.3 is 0 Å². The molecule has 1 aromatic carbocycles. The predicted molar refractivity (Wildman–Crippen MR) is 105 cm³/mol. The second-order valence-electron chi connectivity index (χ2n) is 7.56. The molecule has 0 aliphatic carbocycles. The maximum absolute atomic E-state index is 12.6. The zero-order chi connectivity index (χ0) is 18.9. The van der Waals surface area contributed by atoms with Gasteiger partial charge in [-0.15, -0.1) is 0 Å². The van der Waals surface area contributed by atoms with Crippen LogP contribution in [-0.2, 0) is 22.4 Å². The van der Waals surface area contributed by atoms with Gasteiger partial charge in [0.2, 0.25) is 11.8 Å². The molecule has 0 spiro atoms. The van der Waals surface area contributed by atoms with E-state index in [1.54, 1.807) is 0 Å². The number of carbonyl (C=O) groups is 2. The number of hydrogen-bond donors (Lipinski definition) is 1.